The first-order chi connectivity index (χ1) is 10.4. The number of likely N-dealkylation sites (tertiary alicyclic amines) is 1. The molecule has 0 radical (unpaired) electrons. The zero-order valence-electron chi connectivity index (χ0n) is 13.0. The third-order valence-electron chi connectivity index (χ3n) is 4.23. The number of hydrogen-bond donors (Lipinski definition) is 0. The van der Waals surface area contributed by atoms with E-state index in [-0.39, 0.29) is 30.1 Å². The van der Waals surface area contributed by atoms with Crippen molar-refractivity contribution in [2.75, 3.05) is 38.5 Å². The molecule has 0 saturated carbocycles. The van der Waals surface area contributed by atoms with Crippen molar-refractivity contribution in [3.8, 4) is 0 Å². The quantitative estimate of drug-likeness (QED) is 0.687. The predicted octanol–water partition coefficient (Wildman–Crippen LogP) is 0.214. The lowest BCUT2D eigenvalue weighted by molar-refractivity contribution is -0.151. The highest BCUT2D eigenvalue weighted by Gasteiger charge is 2.32. The number of ether oxygens (including phenoxy) is 1. The number of rotatable bonds is 4. The van der Waals surface area contributed by atoms with E-state index in [2.05, 4.69) is 0 Å². The van der Waals surface area contributed by atoms with Gasteiger partial charge < -0.3 is 9.64 Å². The van der Waals surface area contributed by atoms with Gasteiger partial charge in [0.15, 0.2) is 0 Å². The van der Waals surface area contributed by atoms with Crippen molar-refractivity contribution in [2.45, 2.75) is 32.6 Å². The van der Waals surface area contributed by atoms with Crippen molar-refractivity contribution in [1.82, 2.24) is 9.21 Å². The van der Waals surface area contributed by atoms with Crippen LogP contribution in [-0.2, 0) is 24.3 Å². The molecule has 2 heterocycles. The standard InChI is InChI=1S/C14H24N2O5S/c1-2-21-14(18)12-5-8-15(9-6-12)13(17)11-16-7-3-4-10-22(16,19)20/h12H,2-11H2,1H3. The summed E-state index contributed by atoms with van der Waals surface area (Å²) in [6.45, 7) is 3.45. The number of esters is 1. The molecule has 0 spiro atoms. The van der Waals surface area contributed by atoms with E-state index in [1.54, 1.807) is 11.8 Å². The summed E-state index contributed by atoms with van der Waals surface area (Å²) in [5, 5.41) is 0. The number of carbonyl (C=O) groups excluding carboxylic acids is 2. The summed E-state index contributed by atoms with van der Waals surface area (Å²) in [6.07, 6.45) is 2.63. The summed E-state index contributed by atoms with van der Waals surface area (Å²) in [5.41, 5.74) is 0. The number of nitrogens with zero attached hydrogens (tertiary/aromatic N) is 2. The SMILES string of the molecule is CCOC(=O)C1CCN(C(=O)CN2CCCCS2(=O)=O)CC1. The first-order valence-corrected chi connectivity index (χ1v) is 9.47. The van der Waals surface area contributed by atoms with Crippen LogP contribution in [-0.4, -0.2) is 68.0 Å². The summed E-state index contributed by atoms with van der Waals surface area (Å²) in [5.74, 6) is -0.394. The number of amides is 1. The van der Waals surface area contributed by atoms with Gasteiger partial charge >= 0.3 is 5.97 Å². The maximum Gasteiger partial charge on any atom is 0.309 e. The zero-order chi connectivity index (χ0) is 16.2. The molecule has 2 aliphatic heterocycles. The smallest absolute Gasteiger partial charge is 0.309 e. The molecule has 7 nitrogen and oxygen atoms in total. The molecule has 0 aromatic carbocycles. The Morgan fingerprint density at radius 3 is 2.41 bits per heavy atom. The van der Waals surface area contributed by atoms with Crippen LogP contribution < -0.4 is 0 Å². The summed E-state index contributed by atoms with van der Waals surface area (Å²) < 4.78 is 30.1. The van der Waals surface area contributed by atoms with Gasteiger partial charge in [-0.3, -0.25) is 9.59 Å². The lowest BCUT2D eigenvalue weighted by Crippen LogP contribution is -2.48. The molecule has 0 unspecified atom stereocenters. The molecule has 0 atom stereocenters. The van der Waals surface area contributed by atoms with Crippen molar-refractivity contribution < 1.29 is 22.7 Å². The van der Waals surface area contributed by atoms with Crippen LogP contribution in [0, 0.1) is 5.92 Å². The normalized spacial score (nSPS) is 23.2. The van der Waals surface area contributed by atoms with Gasteiger partial charge in [-0.25, -0.2) is 8.42 Å². The highest BCUT2D eigenvalue weighted by molar-refractivity contribution is 7.89. The van der Waals surface area contributed by atoms with Gasteiger partial charge in [-0.05, 0) is 32.6 Å². The van der Waals surface area contributed by atoms with Gasteiger partial charge in [0.25, 0.3) is 0 Å². The molecule has 126 valence electrons. The highest BCUT2D eigenvalue weighted by Crippen LogP contribution is 2.20. The fraction of sp³-hybridized carbons (Fsp3) is 0.857. The van der Waals surface area contributed by atoms with Gasteiger partial charge in [-0.1, -0.05) is 0 Å². The number of carbonyl (C=O) groups is 2. The maximum absolute atomic E-state index is 12.3. The second-order valence-electron chi connectivity index (χ2n) is 5.76. The van der Waals surface area contributed by atoms with Crippen LogP contribution in [0.15, 0.2) is 0 Å². The average Bonchev–Trinajstić information content (AvgIpc) is 2.49. The van der Waals surface area contributed by atoms with Crippen molar-refractivity contribution in [3.05, 3.63) is 0 Å². The molecule has 2 aliphatic rings. The van der Waals surface area contributed by atoms with Crippen molar-refractivity contribution in [3.63, 3.8) is 0 Å². The molecule has 2 rings (SSSR count). The van der Waals surface area contributed by atoms with Crippen LogP contribution in [0.25, 0.3) is 0 Å². The zero-order valence-corrected chi connectivity index (χ0v) is 13.8. The van der Waals surface area contributed by atoms with E-state index < -0.39 is 10.0 Å². The molecule has 0 aliphatic carbocycles. The van der Waals surface area contributed by atoms with Gasteiger partial charge in [0.2, 0.25) is 15.9 Å². The summed E-state index contributed by atoms with van der Waals surface area (Å²) in [4.78, 5) is 25.6. The van der Waals surface area contributed by atoms with Gasteiger partial charge in [0.05, 0.1) is 24.8 Å². The van der Waals surface area contributed by atoms with Gasteiger partial charge in [-0.15, -0.1) is 0 Å². The first kappa shape index (κ1) is 17.2. The van der Waals surface area contributed by atoms with Crippen molar-refractivity contribution in [1.29, 1.82) is 0 Å². The van der Waals surface area contributed by atoms with Crippen LogP contribution in [0.3, 0.4) is 0 Å². The van der Waals surface area contributed by atoms with Gasteiger partial charge in [0, 0.05) is 19.6 Å². The van der Waals surface area contributed by atoms with E-state index in [0.717, 1.165) is 6.42 Å². The topological polar surface area (TPSA) is 84.0 Å². The molecule has 22 heavy (non-hydrogen) atoms. The second kappa shape index (κ2) is 7.41. The largest absolute Gasteiger partial charge is 0.466 e. The molecule has 0 aromatic rings. The summed E-state index contributed by atoms with van der Waals surface area (Å²) in [7, 11) is -3.28. The Hall–Kier alpha value is -1.15. The van der Waals surface area contributed by atoms with E-state index in [1.165, 1.54) is 4.31 Å². The van der Waals surface area contributed by atoms with E-state index >= 15 is 0 Å². The Bertz CT molecular complexity index is 511. The second-order valence-corrected chi connectivity index (χ2v) is 7.85. The molecule has 2 fully saturated rings. The molecule has 0 aromatic heterocycles. The Morgan fingerprint density at radius 2 is 1.82 bits per heavy atom. The fourth-order valence-electron chi connectivity index (χ4n) is 2.89. The van der Waals surface area contributed by atoms with Crippen LogP contribution >= 0.6 is 0 Å². The van der Waals surface area contributed by atoms with E-state index in [9.17, 15) is 18.0 Å². The van der Waals surface area contributed by atoms with Gasteiger partial charge in [-0.2, -0.15) is 4.31 Å². The average molecular weight is 332 g/mol. The number of piperidine rings is 1. The summed E-state index contributed by atoms with van der Waals surface area (Å²) >= 11 is 0. The van der Waals surface area contributed by atoms with E-state index in [4.69, 9.17) is 4.74 Å². The minimum atomic E-state index is -3.28. The van der Waals surface area contributed by atoms with E-state index in [0.29, 0.717) is 45.5 Å². The predicted molar refractivity (Wildman–Crippen MR) is 80.5 cm³/mol. The van der Waals surface area contributed by atoms with Crippen LogP contribution in [0.4, 0.5) is 0 Å². The van der Waals surface area contributed by atoms with Crippen LogP contribution in [0.2, 0.25) is 0 Å². The maximum atomic E-state index is 12.3. The minimum Gasteiger partial charge on any atom is -0.466 e. The van der Waals surface area contributed by atoms with Crippen molar-refractivity contribution in [2.24, 2.45) is 5.92 Å². The fourth-order valence-corrected chi connectivity index (χ4v) is 4.44. The lowest BCUT2D eigenvalue weighted by atomic mass is 9.97. The van der Waals surface area contributed by atoms with Crippen LogP contribution in [0.5, 0.6) is 0 Å². The number of sulfonamides is 1. The summed E-state index contributed by atoms with van der Waals surface area (Å²) in [6, 6.07) is 0. The Labute approximate surface area is 131 Å². The minimum absolute atomic E-state index is 0.0770. The lowest BCUT2D eigenvalue weighted by Gasteiger charge is -2.33. The molecular weight excluding hydrogens is 308 g/mol. The van der Waals surface area contributed by atoms with E-state index in [1.807, 2.05) is 0 Å². The third kappa shape index (κ3) is 4.19. The Morgan fingerprint density at radius 1 is 1.14 bits per heavy atom. The molecule has 8 heteroatoms. The molecular formula is C14H24N2O5S. The first-order valence-electron chi connectivity index (χ1n) is 7.86. The monoisotopic (exact) mass is 332 g/mol. The molecule has 0 N–H and O–H groups in total. The molecule has 2 saturated heterocycles. The van der Waals surface area contributed by atoms with Crippen LogP contribution in [0.1, 0.15) is 32.6 Å². The Balaban J connectivity index is 1.83. The number of hydrogen-bond acceptors (Lipinski definition) is 5. The third-order valence-corrected chi connectivity index (χ3v) is 6.14. The molecule has 0 bridgehead atoms. The van der Waals surface area contributed by atoms with Gasteiger partial charge in [0.1, 0.15) is 0 Å². The molecule has 1 amide bonds. The highest BCUT2D eigenvalue weighted by atomic mass is 32.2. The Kier molecular flexibility index (Phi) is 5.80. The van der Waals surface area contributed by atoms with Crippen molar-refractivity contribution >= 4 is 21.9 Å².